The molecule has 1 saturated heterocycles. The fraction of sp³-hybridized carbons (Fsp3) is 0.526. The van der Waals surface area contributed by atoms with Crippen molar-refractivity contribution in [3.05, 3.63) is 48.0 Å². The summed E-state index contributed by atoms with van der Waals surface area (Å²) in [4.78, 5) is 20.8. The van der Waals surface area contributed by atoms with Gasteiger partial charge in [-0.1, -0.05) is 36.2 Å². The van der Waals surface area contributed by atoms with E-state index in [1.54, 1.807) is 12.7 Å². The van der Waals surface area contributed by atoms with Gasteiger partial charge in [-0.25, -0.2) is 4.98 Å². The molecule has 6 nitrogen and oxygen atoms in total. The minimum absolute atomic E-state index is 0.172. The summed E-state index contributed by atoms with van der Waals surface area (Å²) in [5.74, 6) is 0.172. The summed E-state index contributed by atoms with van der Waals surface area (Å²) in [6.07, 6.45) is 6.78. The van der Waals surface area contributed by atoms with E-state index >= 15 is 0 Å². The third-order valence-corrected chi connectivity index (χ3v) is 4.92. The molecule has 1 fully saturated rings. The lowest BCUT2D eigenvalue weighted by Gasteiger charge is -2.36. The van der Waals surface area contributed by atoms with Crippen LogP contribution in [0, 0.1) is 6.92 Å². The highest BCUT2D eigenvalue weighted by Gasteiger charge is 2.25. The molecule has 1 aromatic heterocycles. The quantitative estimate of drug-likeness (QED) is 0.807. The van der Waals surface area contributed by atoms with E-state index in [0.717, 1.165) is 25.9 Å². The number of amides is 1. The molecule has 0 radical (unpaired) electrons. The Balaban J connectivity index is 1.56. The molecule has 1 aliphatic heterocycles. The Hall–Kier alpha value is -2.21. The van der Waals surface area contributed by atoms with Gasteiger partial charge in [0.1, 0.15) is 12.7 Å². The number of likely N-dealkylation sites (tertiary alicyclic amines) is 1. The van der Waals surface area contributed by atoms with Crippen LogP contribution >= 0.6 is 0 Å². The number of hydrogen-bond acceptors (Lipinski definition) is 4. The zero-order valence-electron chi connectivity index (χ0n) is 15.1. The predicted molar refractivity (Wildman–Crippen MR) is 96.9 cm³/mol. The second kappa shape index (κ2) is 8.25. The van der Waals surface area contributed by atoms with Crippen molar-refractivity contribution in [3.63, 3.8) is 0 Å². The fourth-order valence-corrected chi connectivity index (χ4v) is 3.37. The number of aromatic nitrogens is 3. The molecule has 1 amide bonds. The van der Waals surface area contributed by atoms with E-state index in [0.29, 0.717) is 19.1 Å². The van der Waals surface area contributed by atoms with Gasteiger partial charge in [-0.05, 0) is 31.9 Å². The maximum absolute atomic E-state index is 12.7. The van der Waals surface area contributed by atoms with Crippen LogP contribution in [0.2, 0.25) is 0 Å². The minimum atomic E-state index is 0.172. The molecule has 0 N–H and O–H groups in total. The van der Waals surface area contributed by atoms with Crippen molar-refractivity contribution < 1.29 is 4.79 Å². The van der Waals surface area contributed by atoms with Crippen molar-refractivity contribution in [1.82, 2.24) is 24.6 Å². The summed E-state index contributed by atoms with van der Waals surface area (Å²) in [5, 5.41) is 4.21. The first-order valence-corrected chi connectivity index (χ1v) is 8.98. The molecule has 1 aromatic carbocycles. The van der Waals surface area contributed by atoms with Crippen LogP contribution in [0.3, 0.4) is 0 Å². The number of piperidine rings is 1. The highest BCUT2D eigenvalue weighted by atomic mass is 16.2. The topological polar surface area (TPSA) is 54.3 Å². The number of carbonyl (C=O) groups excluding carboxylic acids is 1. The molecule has 2 aromatic rings. The standard InChI is InChI=1S/C19H27N5O/c1-16-6-8-17(9-7-16)11-22(2)19(25)13-23-10-4-3-5-18(23)12-24-15-20-14-21-24/h6-9,14-15,18H,3-5,10-13H2,1-2H3/t18-/m1/s1. The van der Waals surface area contributed by atoms with Gasteiger partial charge in [-0.2, -0.15) is 5.10 Å². The highest BCUT2D eigenvalue weighted by molar-refractivity contribution is 5.78. The van der Waals surface area contributed by atoms with E-state index in [2.05, 4.69) is 46.2 Å². The summed E-state index contributed by atoms with van der Waals surface area (Å²) in [6, 6.07) is 8.71. The van der Waals surface area contributed by atoms with Crippen LogP contribution in [0.5, 0.6) is 0 Å². The number of rotatable bonds is 6. The largest absolute Gasteiger partial charge is 0.340 e. The van der Waals surface area contributed by atoms with E-state index in [4.69, 9.17) is 0 Å². The Kier molecular flexibility index (Phi) is 5.81. The summed E-state index contributed by atoms with van der Waals surface area (Å²) < 4.78 is 1.86. The average Bonchev–Trinajstić information content (AvgIpc) is 3.11. The van der Waals surface area contributed by atoms with Crippen molar-refractivity contribution in [1.29, 1.82) is 0 Å². The third kappa shape index (κ3) is 4.89. The lowest BCUT2D eigenvalue weighted by atomic mass is 10.0. The van der Waals surface area contributed by atoms with Crippen molar-refractivity contribution in [2.45, 2.75) is 45.3 Å². The Bertz CT molecular complexity index is 668. The molecule has 2 heterocycles. The zero-order chi connectivity index (χ0) is 17.6. The van der Waals surface area contributed by atoms with Crippen molar-refractivity contribution in [2.75, 3.05) is 20.1 Å². The number of nitrogens with zero attached hydrogens (tertiary/aromatic N) is 5. The van der Waals surface area contributed by atoms with Gasteiger partial charge in [-0.15, -0.1) is 0 Å². The zero-order valence-corrected chi connectivity index (χ0v) is 15.1. The van der Waals surface area contributed by atoms with Gasteiger partial charge in [-0.3, -0.25) is 14.4 Å². The third-order valence-electron chi connectivity index (χ3n) is 4.92. The molecule has 0 bridgehead atoms. The van der Waals surface area contributed by atoms with Crippen molar-refractivity contribution >= 4 is 5.91 Å². The number of hydrogen-bond donors (Lipinski definition) is 0. The van der Waals surface area contributed by atoms with Crippen molar-refractivity contribution in [3.8, 4) is 0 Å². The van der Waals surface area contributed by atoms with Crippen LogP contribution in [0.1, 0.15) is 30.4 Å². The molecule has 0 aliphatic carbocycles. The van der Waals surface area contributed by atoms with E-state index in [9.17, 15) is 4.79 Å². The Labute approximate surface area is 149 Å². The first-order chi connectivity index (χ1) is 12.1. The summed E-state index contributed by atoms with van der Waals surface area (Å²) in [7, 11) is 1.89. The Morgan fingerprint density at radius 1 is 1.28 bits per heavy atom. The maximum atomic E-state index is 12.7. The smallest absolute Gasteiger partial charge is 0.236 e. The first-order valence-electron chi connectivity index (χ1n) is 8.98. The molecule has 3 rings (SSSR count). The normalized spacial score (nSPS) is 18.2. The molecule has 0 spiro atoms. The monoisotopic (exact) mass is 341 g/mol. The Morgan fingerprint density at radius 2 is 2.08 bits per heavy atom. The molecule has 0 unspecified atom stereocenters. The fourth-order valence-electron chi connectivity index (χ4n) is 3.37. The molecule has 0 saturated carbocycles. The van der Waals surface area contributed by atoms with Crippen LogP contribution < -0.4 is 0 Å². The van der Waals surface area contributed by atoms with Crippen LogP contribution in [-0.2, 0) is 17.9 Å². The number of likely N-dealkylation sites (N-methyl/N-ethyl adjacent to an activating group) is 1. The molecule has 6 heteroatoms. The van der Waals surface area contributed by atoms with Gasteiger partial charge in [0.15, 0.2) is 0 Å². The highest BCUT2D eigenvalue weighted by Crippen LogP contribution is 2.18. The Morgan fingerprint density at radius 3 is 2.80 bits per heavy atom. The lowest BCUT2D eigenvalue weighted by Crippen LogP contribution is -2.47. The molecule has 1 aliphatic rings. The van der Waals surface area contributed by atoms with Gasteiger partial charge in [0.2, 0.25) is 5.91 Å². The van der Waals surface area contributed by atoms with Gasteiger partial charge in [0.05, 0.1) is 13.1 Å². The van der Waals surface area contributed by atoms with Crippen LogP contribution in [0.4, 0.5) is 0 Å². The first kappa shape index (κ1) is 17.6. The van der Waals surface area contributed by atoms with E-state index in [1.165, 1.54) is 17.5 Å². The number of benzene rings is 1. The summed E-state index contributed by atoms with van der Waals surface area (Å²) >= 11 is 0. The molecule has 25 heavy (non-hydrogen) atoms. The number of aryl methyl sites for hydroxylation is 1. The van der Waals surface area contributed by atoms with E-state index in [1.807, 2.05) is 16.6 Å². The van der Waals surface area contributed by atoms with Gasteiger partial charge in [0, 0.05) is 19.6 Å². The number of carbonyl (C=O) groups is 1. The maximum Gasteiger partial charge on any atom is 0.236 e. The lowest BCUT2D eigenvalue weighted by molar-refractivity contribution is -0.132. The van der Waals surface area contributed by atoms with E-state index in [-0.39, 0.29) is 5.91 Å². The van der Waals surface area contributed by atoms with Crippen molar-refractivity contribution in [2.24, 2.45) is 0 Å². The predicted octanol–water partition coefficient (Wildman–Crippen LogP) is 2.10. The molecular weight excluding hydrogens is 314 g/mol. The average molecular weight is 341 g/mol. The second-order valence-electron chi connectivity index (χ2n) is 6.97. The molecule has 1 atom stereocenters. The van der Waals surface area contributed by atoms with E-state index < -0.39 is 0 Å². The van der Waals surface area contributed by atoms with Crippen LogP contribution in [-0.4, -0.2) is 56.7 Å². The van der Waals surface area contributed by atoms with Crippen LogP contribution in [0.25, 0.3) is 0 Å². The van der Waals surface area contributed by atoms with Gasteiger partial charge in [0.25, 0.3) is 0 Å². The summed E-state index contributed by atoms with van der Waals surface area (Å²) in [5.41, 5.74) is 2.40. The van der Waals surface area contributed by atoms with Crippen LogP contribution in [0.15, 0.2) is 36.9 Å². The summed E-state index contributed by atoms with van der Waals surface area (Å²) in [6.45, 7) is 4.98. The molecule has 134 valence electrons. The van der Waals surface area contributed by atoms with Gasteiger partial charge < -0.3 is 4.90 Å². The SMILES string of the molecule is Cc1ccc(CN(C)C(=O)CN2CCCC[C@@H]2Cn2cncn2)cc1. The second-order valence-corrected chi connectivity index (χ2v) is 6.97. The van der Waals surface area contributed by atoms with Gasteiger partial charge >= 0.3 is 0 Å². The minimum Gasteiger partial charge on any atom is -0.340 e. The molecular formula is C19H27N5O.